The number of carbonyl (C=O) groups excluding carboxylic acids is 1. The molecule has 20 heavy (non-hydrogen) atoms. The van der Waals surface area contributed by atoms with Gasteiger partial charge in [0.05, 0.1) is 10.7 Å². The van der Waals surface area contributed by atoms with Crippen LogP contribution < -0.4 is 4.90 Å². The maximum absolute atomic E-state index is 11.9. The van der Waals surface area contributed by atoms with Crippen molar-refractivity contribution in [2.24, 2.45) is 0 Å². The van der Waals surface area contributed by atoms with Crippen LogP contribution in [-0.4, -0.2) is 41.1 Å². The van der Waals surface area contributed by atoms with Crippen LogP contribution in [-0.2, 0) is 4.79 Å². The molecule has 0 aromatic heterocycles. The van der Waals surface area contributed by atoms with E-state index in [0.29, 0.717) is 36.6 Å². The first-order valence-electron chi connectivity index (χ1n) is 6.53. The van der Waals surface area contributed by atoms with Crippen molar-refractivity contribution in [2.45, 2.75) is 25.8 Å². The average molecular weight is 297 g/mol. The van der Waals surface area contributed by atoms with Gasteiger partial charge in [-0.05, 0) is 25.0 Å². The summed E-state index contributed by atoms with van der Waals surface area (Å²) in [7, 11) is 0. The molecule has 108 valence electrons. The van der Waals surface area contributed by atoms with Crippen LogP contribution in [0.2, 0.25) is 5.02 Å². The molecule has 0 aliphatic carbocycles. The monoisotopic (exact) mass is 296 g/mol. The van der Waals surface area contributed by atoms with Gasteiger partial charge in [0.2, 0.25) is 5.91 Å². The minimum Gasteiger partial charge on any atom is -0.465 e. The number of anilines is 1. The van der Waals surface area contributed by atoms with Crippen molar-refractivity contribution < 1.29 is 14.7 Å². The third-order valence-electron chi connectivity index (χ3n) is 3.55. The molecule has 1 aliphatic rings. The van der Waals surface area contributed by atoms with E-state index in [-0.39, 0.29) is 11.9 Å². The summed E-state index contributed by atoms with van der Waals surface area (Å²) in [5, 5.41) is 9.49. The SMILES string of the molecule is CC(=O)N(c1ccccc1Cl)C1CCN(C(=O)O)CC1. The van der Waals surface area contributed by atoms with Crippen molar-refractivity contribution in [1.82, 2.24) is 4.90 Å². The zero-order chi connectivity index (χ0) is 14.7. The van der Waals surface area contributed by atoms with Gasteiger partial charge in [0.1, 0.15) is 0 Å². The van der Waals surface area contributed by atoms with E-state index in [1.807, 2.05) is 18.2 Å². The number of benzene rings is 1. The first kappa shape index (κ1) is 14.7. The van der Waals surface area contributed by atoms with Crippen LogP contribution in [0, 0.1) is 0 Å². The molecule has 0 unspecified atom stereocenters. The van der Waals surface area contributed by atoms with Crippen LogP contribution in [0.5, 0.6) is 0 Å². The van der Waals surface area contributed by atoms with Gasteiger partial charge in [-0.15, -0.1) is 0 Å². The number of hydrogen-bond donors (Lipinski definition) is 1. The Bertz CT molecular complexity index is 513. The Kier molecular flexibility index (Phi) is 4.49. The van der Waals surface area contributed by atoms with Gasteiger partial charge in [-0.1, -0.05) is 23.7 Å². The highest BCUT2D eigenvalue weighted by Crippen LogP contribution is 2.30. The summed E-state index contributed by atoms with van der Waals surface area (Å²) in [5.41, 5.74) is 0.690. The van der Waals surface area contributed by atoms with Gasteiger partial charge in [-0.2, -0.15) is 0 Å². The van der Waals surface area contributed by atoms with E-state index < -0.39 is 6.09 Å². The van der Waals surface area contributed by atoms with Crippen molar-refractivity contribution in [1.29, 1.82) is 0 Å². The summed E-state index contributed by atoms with van der Waals surface area (Å²) in [6, 6.07) is 7.20. The van der Waals surface area contributed by atoms with Crippen LogP contribution in [0.1, 0.15) is 19.8 Å². The fraction of sp³-hybridized carbons (Fsp3) is 0.429. The maximum Gasteiger partial charge on any atom is 0.407 e. The Balaban J connectivity index is 2.18. The first-order valence-corrected chi connectivity index (χ1v) is 6.90. The molecule has 2 rings (SSSR count). The third kappa shape index (κ3) is 3.04. The Morgan fingerprint density at radius 3 is 2.40 bits per heavy atom. The molecule has 0 spiro atoms. The molecule has 1 saturated heterocycles. The Hall–Kier alpha value is -1.75. The molecular formula is C14H17ClN2O3. The van der Waals surface area contributed by atoms with Crippen LogP contribution in [0.25, 0.3) is 0 Å². The fourth-order valence-corrected chi connectivity index (χ4v) is 2.81. The number of amides is 2. The second-order valence-electron chi connectivity index (χ2n) is 4.84. The van der Waals surface area contributed by atoms with Crippen molar-refractivity contribution in [3.63, 3.8) is 0 Å². The van der Waals surface area contributed by atoms with Crippen molar-refractivity contribution in [3.05, 3.63) is 29.3 Å². The molecular weight excluding hydrogens is 280 g/mol. The predicted molar refractivity (Wildman–Crippen MR) is 77.2 cm³/mol. The van der Waals surface area contributed by atoms with Crippen LogP contribution in [0.15, 0.2) is 24.3 Å². The molecule has 0 radical (unpaired) electrons. The van der Waals surface area contributed by atoms with Crippen LogP contribution >= 0.6 is 11.6 Å². The lowest BCUT2D eigenvalue weighted by Gasteiger charge is -2.37. The molecule has 1 heterocycles. The molecule has 1 fully saturated rings. The fourth-order valence-electron chi connectivity index (χ4n) is 2.59. The topological polar surface area (TPSA) is 60.9 Å². The molecule has 5 nitrogen and oxygen atoms in total. The lowest BCUT2D eigenvalue weighted by atomic mass is 10.0. The van der Waals surface area contributed by atoms with Gasteiger partial charge in [-0.3, -0.25) is 4.79 Å². The molecule has 1 aromatic rings. The Labute approximate surface area is 122 Å². The number of piperidine rings is 1. The molecule has 0 saturated carbocycles. The molecule has 6 heteroatoms. The van der Waals surface area contributed by atoms with Gasteiger partial charge in [0.25, 0.3) is 0 Å². The standard InChI is InChI=1S/C14H17ClN2O3/c1-10(18)17(13-5-3-2-4-12(13)15)11-6-8-16(9-7-11)14(19)20/h2-5,11H,6-9H2,1H3,(H,19,20). The summed E-state index contributed by atoms with van der Waals surface area (Å²) in [6.07, 6.45) is 0.337. The number of nitrogens with zero attached hydrogens (tertiary/aromatic N) is 2. The minimum atomic E-state index is -0.907. The summed E-state index contributed by atoms with van der Waals surface area (Å²) in [5.74, 6) is -0.0770. The van der Waals surface area contributed by atoms with Gasteiger partial charge in [-0.25, -0.2) is 4.79 Å². The highest BCUT2D eigenvalue weighted by atomic mass is 35.5. The average Bonchev–Trinajstić information content (AvgIpc) is 2.41. The van der Waals surface area contributed by atoms with E-state index in [1.165, 1.54) is 11.8 Å². The van der Waals surface area contributed by atoms with Crippen molar-refractivity contribution >= 4 is 29.3 Å². The summed E-state index contributed by atoms with van der Waals surface area (Å²) in [4.78, 5) is 25.9. The molecule has 0 atom stereocenters. The highest BCUT2D eigenvalue weighted by Gasteiger charge is 2.29. The van der Waals surface area contributed by atoms with Crippen molar-refractivity contribution in [3.8, 4) is 0 Å². The molecule has 1 aliphatic heterocycles. The predicted octanol–water partition coefficient (Wildman–Crippen LogP) is 2.84. The quantitative estimate of drug-likeness (QED) is 0.913. The lowest BCUT2D eigenvalue weighted by Crippen LogP contribution is -2.48. The lowest BCUT2D eigenvalue weighted by molar-refractivity contribution is -0.117. The summed E-state index contributed by atoms with van der Waals surface area (Å²) < 4.78 is 0. The van der Waals surface area contributed by atoms with E-state index >= 15 is 0 Å². The second-order valence-corrected chi connectivity index (χ2v) is 5.25. The second kappa shape index (κ2) is 6.13. The molecule has 1 N–H and O–H groups in total. The zero-order valence-electron chi connectivity index (χ0n) is 11.3. The van der Waals surface area contributed by atoms with Crippen LogP contribution in [0.3, 0.4) is 0 Å². The van der Waals surface area contributed by atoms with E-state index in [9.17, 15) is 9.59 Å². The smallest absolute Gasteiger partial charge is 0.407 e. The van der Waals surface area contributed by atoms with Gasteiger partial charge in [0, 0.05) is 26.1 Å². The van der Waals surface area contributed by atoms with E-state index in [2.05, 4.69) is 0 Å². The molecule has 2 amide bonds. The number of halogens is 1. The van der Waals surface area contributed by atoms with E-state index in [0.717, 1.165) is 0 Å². The minimum absolute atomic E-state index is 0.0111. The third-order valence-corrected chi connectivity index (χ3v) is 3.87. The van der Waals surface area contributed by atoms with Gasteiger partial charge >= 0.3 is 6.09 Å². The molecule has 0 bridgehead atoms. The Morgan fingerprint density at radius 2 is 1.90 bits per heavy atom. The van der Waals surface area contributed by atoms with E-state index in [1.54, 1.807) is 11.0 Å². The number of rotatable bonds is 2. The number of para-hydroxylation sites is 1. The summed E-state index contributed by atoms with van der Waals surface area (Å²) in [6.45, 7) is 2.38. The van der Waals surface area contributed by atoms with E-state index in [4.69, 9.17) is 16.7 Å². The van der Waals surface area contributed by atoms with Gasteiger partial charge in [0.15, 0.2) is 0 Å². The number of carboxylic acid groups (broad SMARTS) is 1. The molecule has 1 aromatic carbocycles. The van der Waals surface area contributed by atoms with Crippen LogP contribution in [0.4, 0.5) is 10.5 Å². The zero-order valence-corrected chi connectivity index (χ0v) is 12.0. The highest BCUT2D eigenvalue weighted by molar-refractivity contribution is 6.33. The normalized spacial score (nSPS) is 16.0. The number of hydrogen-bond acceptors (Lipinski definition) is 2. The first-order chi connectivity index (χ1) is 9.50. The largest absolute Gasteiger partial charge is 0.465 e. The van der Waals surface area contributed by atoms with Crippen molar-refractivity contribution in [2.75, 3.05) is 18.0 Å². The Morgan fingerprint density at radius 1 is 1.30 bits per heavy atom. The number of carbonyl (C=O) groups is 2. The van der Waals surface area contributed by atoms with Gasteiger partial charge < -0.3 is 14.9 Å². The summed E-state index contributed by atoms with van der Waals surface area (Å²) >= 11 is 6.16. The maximum atomic E-state index is 11.9. The number of likely N-dealkylation sites (tertiary alicyclic amines) is 1.